The van der Waals surface area contributed by atoms with Gasteiger partial charge in [0.2, 0.25) is 5.91 Å². The lowest BCUT2D eigenvalue weighted by atomic mass is 10.3. The lowest BCUT2D eigenvalue weighted by Crippen LogP contribution is -2.24. The molecule has 11 heavy (non-hydrogen) atoms. The maximum absolute atomic E-state index is 10.9. The first-order valence-corrected chi connectivity index (χ1v) is 4.37. The highest BCUT2D eigenvalue weighted by Crippen LogP contribution is 1.86. The van der Waals surface area contributed by atoms with Crippen LogP contribution in [-0.4, -0.2) is 24.9 Å². The first-order chi connectivity index (χ1) is 5.31. The number of rotatable bonds is 6. The molecule has 4 heteroatoms. The van der Waals surface area contributed by atoms with E-state index in [1.807, 2.05) is 0 Å². The summed E-state index contributed by atoms with van der Waals surface area (Å²) < 4.78 is 0. The van der Waals surface area contributed by atoms with Crippen LogP contribution in [0.25, 0.3) is 0 Å². The fraction of sp³-hybridized carbons (Fsp3) is 0.857. The van der Waals surface area contributed by atoms with Crippen LogP contribution in [0.1, 0.15) is 19.3 Å². The van der Waals surface area contributed by atoms with E-state index in [2.05, 4.69) is 5.32 Å². The third-order valence-electron chi connectivity index (χ3n) is 1.24. The fourth-order valence-corrected chi connectivity index (χ4v) is 0.779. The monoisotopic (exact) mass is 178 g/mol. The third kappa shape index (κ3) is 7.62. The quantitative estimate of drug-likeness (QED) is 0.459. The Kier molecular flexibility index (Phi) is 7.62. The van der Waals surface area contributed by atoms with E-state index in [9.17, 15) is 4.79 Å². The van der Waals surface area contributed by atoms with Crippen molar-refractivity contribution in [2.45, 2.75) is 19.3 Å². The van der Waals surface area contributed by atoms with Gasteiger partial charge in [-0.15, -0.1) is 11.6 Å². The second-order valence-corrected chi connectivity index (χ2v) is 2.66. The van der Waals surface area contributed by atoms with Crippen molar-refractivity contribution in [1.82, 2.24) is 5.32 Å². The van der Waals surface area contributed by atoms with Crippen LogP contribution in [0.4, 0.5) is 0 Å². The minimum absolute atomic E-state index is 0.0700. The largest absolute Gasteiger partial charge is 0.356 e. The average Bonchev–Trinajstić information content (AvgIpc) is 2.01. The molecular weight excluding hydrogens is 164 g/mol. The maximum Gasteiger partial charge on any atom is 0.220 e. The molecule has 0 spiro atoms. The zero-order chi connectivity index (χ0) is 8.53. The Labute approximate surface area is 72.3 Å². The molecule has 0 unspecified atom stereocenters. The number of halogens is 1. The zero-order valence-electron chi connectivity index (χ0n) is 6.61. The summed E-state index contributed by atoms with van der Waals surface area (Å²) in [6, 6.07) is 0. The molecule has 0 saturated carbocycles. The maximum atomic E-state index is 10.9. The smallest absolute Gasteiger partial charge is 0.220 e. The van der Waals surface area contributed by atoms with Gasteiger partial charge in [-0.3, -0.25) is 4.79 Å². The molecule has 0 rings (SSSR count). The predicted molar refractivity (Wildman–Crippen MR) is 46.6 cm³/mol. The Balaban J connectivity index is 3.09. The van der Waals surface area contributed by atoms with Crippen molar-refractivity contribution in [3.8, 4) is 0 Å². The molecule has 0 saturated heterocycles. The second-order valence-electron chi connectivity index (χ2n) is 2.28. The van der Waals surface area contributed by atoms with Crippen molar-refractivity contribution in [1.29, 1.82) is 0 Å². The van der Waals surface area contributed by atoms with Crippen LogP contribution in [0, 0.1) is 0 Å². The summed E-state index contributed by atoms with van der Waals surface area (Å²) in [6.45, 7) is 1.25. The van der Waals surface area contributed by atoms with Crippen molar-refractivity contribution in [3.63, 3.8) is 0 Å². The third-order valence-corrected chi connectivity index (χ3v) is 1.51. The minimum Gasteiger partial charge on any atom is -0.356 e. The topological polar surface area (TPSA) is 55.1 Å². The number of carbonyl (C=O) groups is 1. The molecule has 0 heterocycles. The summed E-state index contributed by atoms with van der Waals surface area (Å²) in [7, 11) is 0. The van der Waals surface area contributed by atoms with Gasteiger partial charge in [-0.05, 0) is 19.4 Å². The average molecular weight is 179 g/mol. The highest BCUT2D eigenvalue weighted by Gasteiger charge is 1.97. The van der Waals surface area contributed by atoms with Crippen LogP contribution in [0.5, 0.6) is 0 Å². The summed E-state index contributed by atoms with van der Waals surface area (Å²) in [4.78, 5) is 10.9. The van der Waals surface area contributed by atoms with Gasteiger partial charge in [0.25, 0.3) is 0 Å². The molecule has 0 fully saturated rings. The summed E-state index contributed by atoms with van der Waals surface area (Å²) in [5.74, 6) is 0.664. The summed E-state index contributed by atoms with van der Waals surface area (Å²) in [6.07, 6.45) is 2.11. The van der Waals surface area contributed by atoms with Gasteiger partial charge in [0.15, 0.2) is 0 Å². The molecule has 0 aliphatic heterocycles. The Morgan fingerprint density at radius 1 is 1.45 bits per heavy atom. The highest BCUT2D eigenvalue weighted by molar-refractivity contribution is 6.17. The molecule has 0 bridgehead atoms. The normalized spacial score (nSPS) is 9.64. The molecule has 1 amide bonds. The van der Waals surface area contributed by atoms with Gasteiger partial charge in [-0.25, -0.2) is 0 Å². The molecule has 0 radical (unpaired) electrons. The van der Waals surface area contributed by atoms with E-state index in [0.29, 0.717) is 25.4 Å². The van der Waals surface area contributed by atoms with Crippen LogP contribution in [0.2, 0.25) is 0 Å². The van der Waals surface area contributed by atoms with E-state index in [4.69, 9.17) is 17.3 Å². The number of nitrogens with two attached hydrogens (primary N) is 1. The molecule has 0 aliphatic rings. The molecule has 3 nitrogen and oxygen atoms in total. The standard InChI is InChI=1S/C7H15ClN2O/c8-4-2-6-10-7(11)3-1-5-9/h1-6,9H2,(H,10,11). The number of hydrogen-bond donors (Lipinski definition) is 2. The van der Waals surface area contributed by atoms with E-state index in [-0.39, 0.29) is 5.91 Å². The number of hydrogen-bond acceptors (Lipinski definition) is 2. The van der Waals surface area contributed by atoms with Crippen LogP contribution >= 0.6 is 11.6 Å². The fourth-order valence-electron chi connectivity index (χ4n) is 0.646. The van der Waals surface area contributed by atoms with Crippen molar-refractivity contribution in [2.75, 3.05) is 19.0 Å². The first kappa shape index (κ1) is 10.7. The molecule has 0 aromatic rings. The predicted octanol–water partition coefficient (Wildman–Crippen LogP) is 0.470. The van der Waals surface area contributed by atoms with Gasteiger partial charge in [0.1, 0.15) is 0 Å². The highest BCUT2D eigenvalue weighted by atomic mass is 35.5. The Morgan fingerprint density at radius 2 is 2.18 bits per heavy atom. The molecule has 66 valence electrons. The molecular formula is C7H15ClN2O. The van der Waals surface area contributed by atoms with E-state index >= 15 is 0 Å². The first-order valence-electron chi connectivity index (χ1n) is 3.84. The van der Waals surface area contributed by atoms with Crippen LogP contribution in [0.3, 0.4) is 0 Å². The zero-order valence-corrected chi connectivity index (χ0v) is 7.36. The number of alkyl halides is 1. The summed E-state index contributed by atoms with van der Waals surface area (Å²) in [5.41, 5.74) is 5.23. The Hall–Kier alpha value is -0.280. The van der Waals surface area contributed by atoms with E-state index in [1.54, 1.807) is 0 Å². The van der Waals surface area contributed by atoms with Crippen LogP contribution in [-0.2, 0) is 4.79 Å². The molecule has 0 aliphatic carbocycles. The molecule has 0 aromatic carbocycles. The van der Waals surface area contributed by atoms with E-state index in [1.165, 1.54) is 0 Å². The van der Waals surface area contributed by atoms with Crippen LogP contribution < -0.4 is 11.1 Å². The second kappa shape index (κ2) is 7.82. The van der Waals surface area contributed by atoms with Gasteiger partial charge < -0.3 is 11.1 Å². The molecule has 0 atom stereocenters. The molecule has 3 N–H and O–H groups in total. The van der Waals surface area contributed by atoms with Gasteiger partial charge in [0.05, 0.1) is 0 Å². The van der Waals surface area contributed by atoms with Crippen molar-refractivity contribution in [3.05, 3.63) is 0 Å². The Morgan fingerprint density at radius 3 is 2.73 bits per heavy atom. The lowest BCUT2D eigenvalue weighted by Gasteiger charge is -2.01. The molecule has 0 aromatic heterocycles. The van der Waals surface area contributed by atoms with Gasteiger partial charge in [-0.1, -0.05) is 0 Å². The summed E-state index contributed by atoms with van der Waals surface area (Å²) >= 11 is 5.42. The summed E-state index contributed by atoms with van der Waals surface area (Å²) in [5, 5.41) is 2.74. The van der Waals surface area contributed by atoms with E-state index < -0.39 is 0 Å². The van der Waals surface area contributed by atoms with Crippen LogP contribution in [0.15, 0.2) is 0 Å². The van der Waals surface area contributed by atoms with Gasteiger partial charge in [0, 0.05) is 18.8 Å². The van der Waals surface area contributed by atoms with E-state index in [0.717, 1.165) is 12.8 Å². The van der Waals surface area contributed by atoms with Crippen molar-refractivity contribution >= 4 is 17.5 Å². The number of amides is 1. The minimum atomic E-state index is 0.0700. The van der Waals surface area contributed by atoms with Crippen molar-refractivity contribution < 1.29 is 4.79 Å². The lowest BCUT2D eigenvalue weighted by molar-refractivity contribution is -0.121. The van der Waals surface area contributed by atoms with Crippen molar-refractivity contribution in [2.24, 2.45) is 5.73 Å². The SMILES string of the molecule is NCCCC(=O)NCCCCl. The number of nitrogens with one attached hydrogen (secondary N) is 1. The number of carbonyl (C=O) groups excluding carboxylic acids is 1. The Bertz CT molecular complexity index is 109. The van der Waals surface area contributed by atoms with Gasteiger partial charge in [-0.2, -0.15) is 0 Å². The van der Waals surface area contributed by atoms with Gasteiger partial charge >= 0.3 is 0 Å².